The molecule has 2 fully saturated rings. The quantitative estimate of drug-likeness (QED) is 0.329. The van der Waals surface area contributed by atoms with E-state index in [0.29, 0.717) is 19.3 Å². The zero-order valence-electron chi connectivity index (χ0n) is 19.9. The van der Waals surface area contributed by atoms with Gasteiger partial charge in [0, 0.05) is 51.5 Å². The minimum Gasteiger partial charge on any atom is -0.376 e. The van der Waals surface area contributed by atoms with Crippen molar-refractivity contribution in [2.75, 3.05) is 45.9 Å². The Morgan fingerprint density at radius 3 is 2.76 bits per heavy atom. The normalized spacial score (nSPS) is 22.2. The van der Waals surface area contributed by atoms with Crippen LogP contribution in [0.5, 0.6) is 0 Å². The summed E-state index contributed by atoms with van der Waals surface area (Å²) in [5, 5.41) is 7.75. The Morgan fingerprint density at radius 2 is 2.00 bits per heavy atom. The van der Waals surface area contributed by atoms with Crippen LogP contribution in [0.15, 0.2) is 41.7 Å². The molecule has 9 heteroatoms. The first-order valence-electron chi connectivity index (χ1n) is 11.7. The van der Waals surface area contributed by atoms with Gasteiger partial charge in [-0.2, -0.15) is 5.10 Å². The van der Waals surface area contributed by atoms with Gasteiger partial charge in [0.2, 0.25) is 0 Å². The van der Waals surface area contributed by atoms with E-state index in [9.17, 15) is 0 Å². The molecule has 0 spiro atoms. The molecule has 8 nitrogen and oxygen atoms in total. The van der Waals surface area contributed by atoms with Crippen molar-refractivity contribution in [3.63, 3.8) is 0 Å². The number of halogens is 1. The fourth-order valence-electron chi connectivity index (χ4n) is 4.36. The predicted molar refractivity (Wildman–Crippen MR) is 141 cm³/mol. The number of morpholine rings is 2. The number of aromatic nitrogens is 2. The second kappa shape index (κ2) is 12.7. The molecule has 2 unspecified atom stereocenters. The molecule has 0 saturated carbocycles. The third-order valence-electron chi connectivity index (χ3n) is 5.93. The van der Waals surface area contributed by atoms with E-state index >= 15 is 0 Å². The Kier molecular flexibility index (Phi) is 9.96. The van der Waals surface area contributed by atoms with Crippen LogP contribution in [-0.2, 0) is 29.6 Å². The van der Waals surface area contributed by atoms with Gasteiger partial charge in [-0.05, 0) is 25.0 Å². The molecule has 1 aromatic carbocycles. The summed E-state index contributed by atoms with van der Waals surface area (Å²) in [6.45, 7) is 11.8. The van der Waals surface area contributed by atoms with Crippen molar-refractivity contribution in [2.24, 2.45) is 12.0 Å². The molecule has 0 bridgehead atoms. The van der Waals surface area contributed by atoms with Crippen LogP contribution >= 0.6 is 24.0 Å². The summed E-state index contributed by atoms with van der Waals surface area (Å²) < 4.78 is 13.5. The first-order valence-corrected chi connectivity index (χ1v) is 11.7. The van der Waals surface area contributed by atoms with Crippen LogP contribution in [0.1, 0.15) is 36.6 Å². The SMILES string of the molecule is CCNC(=NCc1cccc(CN2CCOC(C)C2)c1)N1CCOC(c2cnn(C)c2)C1.I. The molecule has 4 rings (SSSR count). The summed E-state index contributed by atoms with van der Waals surface area (Å²) in [6.07, 6.45) is 4.24. The van der Waals surface area contributed by atoms with Gasteiger partial charge >= 0.3 is 0 Å². The van der Waals surface area contributed by atoms with Gasteiger partial charge in [-0.25, -0.2) is 4.99 Å². The van der Waals surface area contributed by atoms with Crippen molar-refractivity contribution in [1.29, 1.82) is 0 Å². The lowest BCUT2D eigenvalue weighted by molar-refractivity contribution is -0.0212. The number of hydrogen-bond donors (Lipinski definition) is 1. The smallest absolute Gasteiger partial charge is 0.194 e. The molecular formula is C24H37IN6O2. The topological polar surface area (TPSA) is 67.2 Å². The van der Waals surface area contributed by atoms with E-state index in [4.69, 9.17) is 14.5 Å². The Bertz CT molecular complexity index is 905. The van der Waals surface area contributed by atoms with Gasteiger partial charge < -0.3 is 19.7 Å². The molecule has 3 heterocycles. The maximum atomic E-state index is 6.00. The highest BCUT2D eigenvalue weighted by Crippen LogP contribution is 2.22. The maximum Gasteiger partial charge on any atom is 0.194 e. The number of nitrogens with zero attached hydrogens (tertiary/aromatic N) is 5. The molecule has 2 atom stereocenters. The molecular weight excluding hydrogens is 531 g/mol. The van der Waals surface area contributed by atoms with Gasteiger partial charge in [-0.3, -0.25) is 9.58 Å². The molecule has 2 aliphatic rings. The van der Waals surface area contributed by atoms with E-state index in [1.807, 2.05) is 24.1 Å². The van der Waals surface area contributed by atoms with Gasteiger partial charge in [0.1, 0.15) is 6.10 Å². The van der Waals surface area contributed by atoms with Gasteiger partial charge in [0.05, 0.1) is 38.6 Å². The molecule has 2 aliphatic heterocycles. The van der Waals surface area contributed by atoms with Crippen LogP contribution < -0.4 is 5.32 Å². The molecule has 2 saturated heterocycles. The molecule has 1 aromatic heterocycles. The number of aliphatic imine (C=N–C) groups is 1. The fraction of sp³-hybridized carbons (Fsp3) is 0.583. The number of nitrogens with one attached hydrogen (secondary N) is 1. The Morgan fingerprint density at radius 1 is 1.18 bits per heavy atom. The summed E-state index contributed by atoms with van der Waals surface area (Å²) >= 11 is 0. The summed E-state index contributed by atoms with van der Waals surface area (Å²) in [6, 6.07) is 8.80. The van der Waals surface area contributed by atoms with Gasteiger partial charge in [-0.15, -0.1) is 24.0 Å². The van der Waals surface area contributed by atoms with Crippen molar-refractivity contribution in [3.8, 4) is 0 Å². The highest BCUT2D eigenvalue weighted by Gasteiger charge is 2.25. The highest BCUT2D eigenvalue weighted by atomic mass is 127. The van der Waals surface area contributed by atoms with Crippen molar-refractivity contribution in [1.82, 2.24) is 24.9 Å². The summed E-state index contributed by atoms with van der Waals surface area (Å²) in [5.41, 5.74) is 3.68. The molecule has 0 amide bonds. The average Bonchev–Trinajstić information content (AvgIpc) is 3.23. The highest BCUT2D eigenvalue weighted by molar-refractivity contribution is 14.0. The summed E-state index contributed by atoms with van der Waals surface area (Å²) in [4.78, 5) is 9.72. The number of hydrogen-bond acceptors (Lipinski definition) is 5. The van der Waals surface area contributed by atoms with Gasteiger partial charge in [0.25, 0.3) is 0 Å². The first kappa shape index (κ1) is 25.9. The Balaban J connectivity index is 0.00000306. The van der Waals surface area contributed by atoms with Crippen LogP contribution in [0.3, 0.4) is 0 Å². The Labute approximate surface area is 214 Å². The number of guanidine groups is 1. The number of rotatable bonds is 6. The monoisotopic (exact) mass is 568 g/mol. The predicted octanol–water partition coefficient (Wildman–Crippen LogP) is 2.80. The van der Waals surface area contributed by atoms with Crippen LogP contribution in [0.2, 0.25) is 0 Å². The van der Waals surface area contributed by atoms with Crippen LogP contribution in [0, 0.1) is 0 Å². The number of ether oxygens (including phenoxy) is 2. The van der Waals surface area contributed by atoms with E-state index in [2.05, 4.69) is 58.3 Å². The van der Waals surface area contributed by atoms with Crippen molar-refractivity contribution in [3.05, 3.63) is 53.3 Å². The lowest BCUT2D eigenvalue weighted by Crippen LogP contribution is -2.48. The number of aryl methyl sites for hydroxylation is 1. The van der Waals surface area contributed by atoms with Crippen LogP contribution in [0.25, 0.3) is 0 Å². The second-order valence-corrected chi connectivity index (χ2v) is 8.66. The van der Waals surface area contributed by atoms with Crippen LogP contribution in [0.4, 0.5) is 0 Å². The van der Waals surface area contributed by atoms with Gasteiger partial charge in [-0.1, -0.05) is 24.3 Å². The van der Waals surface area contributed by atoms with Crippen molar-refractivity contribution in [2.45, 2.75) is 39.1 Å². The molecule has 1 N–H and O–H groups in total. The zero-order chi connectivity index (χ0) is 22.3. The molecule has 33 heavy (non-hydrogen) atoms. The van der Waals surface area contributed by atoms with Crippen LogP contribution in [-0.4, -0.2) is 77.6 Å². The van der Waals surface area contributed by atoms with Crippen molar-refractivity contribution < 1.29 is 9.47 Å². The van der Waals surface area contributed by atoms with E-state index in [1.54, 1.807) is 0 Å². The average molecular weight is 569 g/mol. The van der Waals surface area contributed by atoms with Crippen molar-refractivity contribution >= 4 is 29.9 Å². The third kappa shape index (κ3) is 7.40. The van der Waals surface area contributed by atoms with E-state index in [0.717, 1.165) is 57.4 Å². The Hall–Kier alpha value is -1.69. The summed E-state index contributed by atoms with van der Waals surface area (Å²) in [5.74, 6) is 0.942. The standard InChI is InChI=1S/C24H36N6O2.HI/c1-4-25-24(30-9-11-32-23(18-30)22-14-27-28(3)17-22)26-13-20-6-5-7-21(12-20)16-29-8-10-31-19(2)15-29;/h5-7,12,14,17,19,23H,4,8-11,13,15-16,18H2,1-3H3,(H,25,26);1H. The van der Waals surface area contributed by atoms with E-state index in [-0.39, 0.29) is 30.1 Å². The molecule has 0 aliphatic carbocycles. The second-order valence-electron chi connectivity index (χ2n) is 8.66. The minimum absolute atomic E-state index is 0. The minimum atomic E-state index is 0. The third-order valence-corrected chi connectivity index (χ3v) is 5.93. The zero-order valence-corrected chi connectivity index (χ0v) is 22.3. The molecule has 0 radical (unpaired) electrons. The number of benzene rings is 1. The van der Waals surface area contributed by atoms with Gasteiger partial charge in [0.15, 0.2) is 5.96 Å². The first-order chi connectivity index (χ1) is 15.6. The molecule has 182 valence electrons. The largest absolute Gasteiger partial charge is 0.376 e. The van der Waals surface area contributed by atoms with E-state index in [1.165, 1.54) is 11.1 Å². The van der Waals surface area contributed by atoms with E-state index < -0.39 is 0 Å². The lowest BCUT2D eigenvalue weighted by Gasteiger charge is -2.34. The summed E-state index contributed by atoms with van der Waals surface area (Å²) in [7, 11) is 1.93. The lowest BCUT2D eigenvalue weighted by atomic mass is 10.1. The fourth-order valence-corrected chi connectivity index (χ4v) is 4.36. The molecule has 2 aromatic rings. The maximum absolute atomic E-state index is 6.00.